The Balaban J connectivity index is 1.77. The fourth-order valence-corrected chi connectivity index (χ4v) is 2.51. The molecule has 0 aliphatic heterocycles. The highest BCUT2D eigenvalue weighted by molar-refractivity contribution is 5.78. The summed E-state index contributed by atoms with van der Waals surface area (Å²) in [5.74, 6) is -0.549. The van der Waals surface area contributed by atoms with Crippen LogP contribution in [0.5, 0.6) is 0 Å². The van der Waals surface area contributed by atoms with Crippen molar-refractivity contribution < 1.29 is 9.32 Å². The van der Waals surface area contributed by atoms with Gasteiger partial charge in [0.2, 0.25) is 5.91 Å². The lowest BCUT2D eigenvalue weighted by Crippen LogP contribution is -2.38. The Morgan fingerprint density at radius 2 is 2.21 bits per heavy atom. The summed E-state index contributed by atoms with van der Waals surface area (Å²) < 4.78 is 6.41. The molecule has 126 valence electrons. The first-order valence-electron chi connectivity index (χ1n) is 7.61. The number of aromatic amines is 1. The lowest BCUT2D eigenvalue weighted by atomic mass is 9.86. The molecule has 3 heterocycles. The highest BCUT2D eigenvalue weighted by atomic mass is 16.5. The fourth-order valence-electron chi connectivity index (χ4n) is 2.51. The first kappa shape index (κ1) is 16.0. The van der Waals surface area contributed by atoms with Gasteiger partial charge in [-0.15, -0.1) is 0 Å². The van der Waals surface area contributed by atoms with Crippen molar-refractivity contribution in [2.45, 2.75) is 33.2 Å². The predicted octanol–water partition coefficient (Wildman–Crippen LogP) is 1.46. The molecule has 0 aliphatic rings. The maximum atomic E-state index is 12.4. The number of H-pyrrole nitrogens is 1. The molecular formula is C16H19N5O3. The van der Waals surface area contributed by atoms with Crippen LogP contribution in [-0.4, -0.2) is 25.4 Å². The molecule has 24 heavy (non-hydrogen) atoms. The fraction of sp³-hybridized carbons (Fsp3) is 0.375. The molecule has 0 saturated heterocycles. The number of fused-ring (bicyclic) bond motifs is 1. The van der Waals surface area contributed by atoms with Crippen molar-refractivity contribution in [3.05, 3.63) is 52.7 Å². The van der Waals surface area contributed by atoms with E-state index in [1.165, 1.54) is 0 Å². The monoisotopic (exact) mass is 329 g/mol. The highest BCUT2D eigenvalue weighted by Crippen LogP contribution is 2.30. The van der Waals surface area contributed by atoms with Crippen molar-refractivity contribution in [3.8, 4) is 0 Å². The number of carbonyl (C=O) groups excluding carboxylic acids is 1. The van der Waals surface area contributed by atoms with Crippen LogP contribution in [0.2, 0.25) is 0 Å². The molecule has 0 aliphatic carbocycles. The number of aromatic nitrogens is 4. The number of hydrogen-bond donors (Lipinski definition) is 2. The van der Waals surface area contributed by atoms with Gasteiger partial charge in [0.05, 0.1) is 18.2 Å². The van der Waals surface area contributed by atoms with Crippen molar-refractivity contribution in [2.75, 3.05) is 0 Å². The topological polar surface area (TPSA) is 105 Å². The summed E-state index contributed by atoms with van der Waals surface area (Å²) in [5, 5.41) is 6.60. The Morgan fingerprint density at radius 1 is 1.42 bits per heavy atom. The van der Waals surface area contributed by atoms with Crippen LogP contribution in [0.4, 0.5) is 0 Å². The van der Waals surface area contributed by atoms with E-state index in [1.807, 2.05) is 55.8 Å². The summed E-state index contributed by atoms with van der Waals surface area (Å²) in [6, 6.07) is 5.19. The molecule has 0 spiro atoms. The third-order valence-electron chi connectivity index (χ3n) is 3.66. The molecule has 3 aromatic heterocycles. The van der Waals surface area contributed by atoms with Crippen LogP contribution in [0.15, 0.2) is 39.9 Å². The number of amides is 1. The van der Waals surface area contributed by atoms with Gasteiger partial charge in [-0.05, 0) is 17.5 Å². The lowest BCUT2D eigenvalue weighted by Gasteiger charge is -2.29. The van der Waals surface area contributed by atoms with Gasteiger partial charge in [0.1, 0.15) is 5.65 Å². The Hall–Kier alpha value is -2.90. The smallest absolute Gasteiger partial charge is 0.345 e. The number of rotatable bonds is 4. The van der Waals surface area contributed by atoms with Gasteiger partial charge in [-0.1, -0.05) is 32.0 Å². The molecule has 2 N–H and O–H groups in total. The number of hydrogen-bond acceptors (Lipinski definition) is 5. The maximum Gasteiger partial charge on any atom is 0.438 e. The molecule has 3 rings (SSSR count). The second-order valence-corrected chi connectivity index (χ2v) is 6.72. The van der Waals surface area contributed by atoms with Crippen LogP contribution in [0.25, 0.3) is 5.65 Å². The van der Waals surface area contributed by atoms with E-state index in [-0.39, 0.29) is 17.7 Å². The highest BCUT2D eigenvalue weighted by Gasteiger charge is 2.31. The van der Waals surface area contributed by atoms with Crippen LogP contribution in [0.1, 0.15) is 38.3 Å². The van der Waals surface area contributed by atoms with E-state index in [2.05, 4.69) is 25.0 Å². The van der Waals surface area contributed by atoms with Crippen molar-refractivity contribution >= 4 is 11.6 Å². The Kier molecular flexibility index (Phi) is 3.96. The second kappa shape index (κ2) is 5.95. The minimum atomic E-state index is -0.645. The zero-order chi connectivity index (χ0) is 17.3. The molecule has 0 fully saturated rings. The van der Waals surface area contributed by atoms with Gasteiger partial charge in [0.15, 0.2) is 5.82 Å². The summed E-state index contributed by atoms with van der Waals surface area (Å²) in [6.45, 7) is 5.82. The van der Waals surface area contributed by atoms with Gasteiger partial charge in [-0.3, -0.25) is 14.3 Å². The number of pyridine rings is 1. The van der Waals surface area contributed by atoms with E-state index < -0.39 is 11.8 Å². The normalized spacial score (nSPS) is 13.1. The molecule has 0 saturated carbocycles. The van der Waals surface area contributed by atoms with Gasteiger partial charge in [0, 0.05) is 12.4 Å². The molecule has 0 bridgehead atoms. The quantitative estimate of drug-likeness (QED) is 0.754. The molecule has 1 atom stereocenters. The van der Waals surface area contributed by atoms with Gasteiger partial charge in [-0.2, -0.15) is 0 Å². The first-order valence-corrected chi connectivity index (χ1v) is 7.61. The zero-order valence-corrected chi connectivity index (χ0v) is 13.7. The van der Waals surface area contributed by atoms with E-state index in [0.29, 0.717) is 11.5 Å². The van der Waals surface area contributed by atoms with Crippen LogP contribution >= 0.6 is 0 Å². The third-order valence-corrected chi connectivity index (χ3v) is 3.66. The molecule has 0 radical (unpaired) electrons. The summed E-state index contributed by atoms with van der Waals surface area (Å²) in [7, 11) is 0. The summed E-state index contributed by atoms with van der Waals surface area (Å²) in [4.78, 5) is 30.5. The summed E-state index contributed by atoms with van der Waals surface area (Å²) in [5.41, 5.74) is 1.10. The van der Waals surface area contributed by atoms with Gasteiger partial charge >= 0.3 is 5.76 Å². The largest absolute Gasteiger partial charge is 0.438 e. The van der Waals surface area contributed by atoms with Crippen molar-refractivity contribution in [2.24, 2.45) is 5.41 Å². The van der Waals surface area contributed by atoms with E-state index in [4.69, 9.17) is 0 Å². The van der Waals surface area contributed by atoms with Crippen LogP contribution < -0.4 is 11.1 Å². The molecule has 1 amide bonds. The number of nitrogens with zero attached hydrogens (tertiary/aromatic N) is 3. The average molecular weight is 329 g/mol. The maximum absolute atomic E-state index is 12.4. The molecule has 0 aromatic carbocycles. The van der Waals surface area contributed by atoms with E-state index >= 15 is 0 Å². The summed E-state index contributed by atoms with van der Waals surface area (Å²) in [6.07, 6.45) is 3.83. The molecular weight excluding hydrogens is 310 g/mol. The number of imidazole rings is 1. The molecule has 8 heteroatoms. The second-order valence-electron chi connectivity index (χ2n) is 6.72. The van der Waals surface area contributed by atoms with Crippen molar-refractivity contribution in [1.82, 2.24) is 24.8 Å². The molecule has 1 unspecified atom stereocenters. The predicted molar refractivity (Wildman–Crippen MR) is 86.4 cm³/mol. The Bertz CT molecular complexity index is 882. The van der Waals surface area contributed by atoms with Gasteiger partial charge < -0.3 is 9.72 Å². The SMILES string of the molecule is CC(C)(C)C(NC(=O)Cc1cn2ccccc2n1)c1noc(=O)[nH]1. The van der Waals surface area contributed by atoms with Crippen LogP contribution in [-0.2, 0) is 11.2 Å². The van der Waals surface area contributed by atoms with E-state index in [0.717, 1.165) is 5.65 Å². The average Bonchev–Trinajstić information content (AvgIpc) is 3.08. The van der Waals surface area contributed by atoms with E-state index in [1.54, 1.807) is 0 Å². The van der Waals surface area contributed by atoms with Crippen molar-refractivity contribution in [3.63, 3.8) is 0 Å². The number of carbonyl (C=O) groups is 1. The third kappa shape index (κ3) is 3.37. The van der Waals surface area contributed by atoms with Crippen molar-refractivity contribution in [1.29, 1.82) is 0 Å². The molecule has 8 nitrogen and oxygen atoms in total. The van der Waals surface area contributed by atoms with Crippen LogP contribution in [0.3, 0.4) is 0 Å². The van der Waals surface area contributed by atoms with Gasteiger partial charge in [0.25, 0.3) is 0 Å². The Morgan fingerprint density at radius 3 is 2.83 bits per heavy atom. The van der Waals surface area contributed by atoms with Gasteiger partial charge in [-0.25, -0.2) is 9.78 Å². The zero-order valence-electron chi connectivity index (χ0n) is 13.7. The number of nitrogens with one attached hydrogen (secondary N) is 2. The van der Waals surface area contributed by atoms with Crippen LogP contribution in [0, 0.1) is 5.41 Å². The minimum absolute atomic E-state index is 0.135. The first-order chi connectivity index (χ1) is 11.3. The standard InChI is InChI=1S/C16H19N5O3/c1-16(2,3)13(14-19-15(23)24-20-14)18-12(22)8-10-9-21-7-5-4-6-11(21)17-10/h4-7,9,13H,8H2,1-3H3,(H,18,22)(H,19,20,23). The Labute approximate surface area is 137 Å². The van der Waals surface area contributed by atoms with E-state index in [9.17, 15) is 9.59 Å². The molecule has 3 aromatic rings. The lowest BCUT2D eigenvalue weighted by molar-refractivity contribution is -0.122. The summed E-state index contributed by atoms with van der Waals surface area (Å²) >= 11 is 0. The minimum Gasteiger partial charge on any atom is -0.345 e.